The molecule has 2 aromatic carbocycles. The summed E-state index contributed by atoms with van der Waals surface area (Å²) in [5, 5.41) is 11.4. The number of carbonyl (C=O) groups excluding carboxylic acids is 2. The van der Waals surface area contributed by atoms with Crippen LogP contribution in [0.3, 0.4) is 0 Å². The smallest absolute Gasteiger partial charge is 0.264 e. The summed E-state index contributed by atoms with van der Waals surface area (Å²) in [7, 11) is 0. The number of amides is 1. The van der Waals surface area contributed by atoms with Crippen LogP contribution < -0.4 is 4.90 Å². The van der Waals surface area contributed by atoms with Crippen molar-refractivity contribution in [2.24, 2.45) is 0 Å². The lowest BCUT2D eigenvalue weighted by molar-refractivity contribution is -0.135. The number of ketones is 1. The zero-order valence-electron chi connectivity index (χ0n) is 15.9. The normalized spacial score (nSPS) is 18.7. The Morgan fingerprint density at radius 1 is 1.19 bits per heavy atom. The Bertz CT molecular complexity index is 908. The van der Waals surface area contributed by atoms with Gasteiger partial charge in [-0.25, -0.2) is 0 Å². The van der Waals surface area contributed by atoms with Crippen LogP contribution in [0.4, 0.5) is 5.69 Å². The summed E-state index contributed by atoms with van der Waals surface area (Å²) in [6.07, 6.45) is 1.51. The van der Waals surface area contributed by atoms with Crippen molar-refractivity contribution in [1.82, 2.24) is 0 Å². The predicted molar refractivity (Wildman–Crippen MR) is 110 cm³/mol. The second-order valence-corrected chi connectivity index (χ2v) is 8.17. The summed E-state index contributed by atoms with van der Waals surface area (Å²) in [6.45, 7) is 6.43. The number of halogens is 1. The second-order valence-electron chi connectivity index (χ2n) is 7.25. The van der Waals surface area contributed by atoms with Gasteiger partial charge in [0.1, 0.15) is 0 Å². The Balaban J connectivity index is 1.99. The molecule has 0 aliphatic carbocycles. The van der Waals surface area contributed by atoms with Crippen molar-refractivity contribution in [2.75, 3.05) is 11.4 Å². The van der Waals surface area contributed by atoms with Crippen molar-refractivity contribution in [3.8, 4) is 0 Å². The van der Waals surface area contributed by atoms with Gasteiger partial charge in [0, 0.05) is 22.1 Å². The van der Waals surface area contributed by atoms with Crippen LogP contribution in [-0.4, -0.2) is 23.3 Å². The van der Waals surface area contributed by atoms with Gasteiger partial charge in [-0.15, -0.1) is 0 Å². The molecule has 0 unspecified atom stereocenters. The van der Waals surface area contributed by atoms with Gasteiger partial charge >= 0.3 is 0 Å². The fourth-order valence-electron chi connectivity index (χ4n) is 3.69. The van der Waals surface area contributed by atoms with Crippen LogP contribution in [0.1, 0.15) is 53.2 Å². The standard InChI is InChI=1S/C22H24BrNO3/c1-4-5-10-24-19-9-7-16(23)12-18(19)22(27,21(24)26)13-20(25)17-8-6-14(2)11-15(17)3/h6-9,11-12,27H,4-5,10,13H2,1-3H3/t22-/m1/s1. The van der Waals surface area contributed by atoms with E-state index in [1.807, 2.05) is 38.1 Å². The largest absolute Gasteiger partial charge is 0.375 e. The Morgan fingerprint density at radius 3 is 2.59 bits per heavy atom. The molecule has 1 amide bonds. The summed E-state index contributed by atoms with van der Waals surface area (Å²) in [5.41, 5.74) is 1.82. The van der Waals surface area contributed by atoms with E-state index in [1.165, 1.54) is 0 Å². The van der Waals surface area contributed by atoms with Gasteiger partial charge in [0.15, 0.2) is 11.4 Å². The molecule has 0 aromatic heterocycles. The number of unbranched alkanes of at least 4 members (excludes halogenated alkanes) is 1. The topological polar surface area (TPSA) is 57.6 Å². The molecule has 0 saturated carbocycles. The van der Waals surface area contributed by atoms with Gasteiger partial charge < -0.3 is 10.0 Å². The van der Waals surface area contributed by atoms with Gasteiger partial charge in [0.2, 0.25) is 0 Å². The molecule has 1 atom stereocenters. The molecule has 1 N–H and O–H groups in total. The highest BCUT2D eigenvalue weighted by molar-refractivity contribution is 9.10. The molecule has 0 radical (unpaired) electrons. The number of benzene rings is 2. The average Bonchev–Trinajstić information content (AvgIpc) is 2.80. The summed E-state index contributed by atoms with van der Waals surface area (Å²) >= 11 is 3.41. The first-order chi connectivity index (χ1) is 12.8. The Kier molecular flexibility index (Phi) is 5.54. The first-order valence-corrected chi connectivity index (χ1v) is 10.0. The van der Waals surface area contributed by atoms with Gasteiger partial charge in [-0.2, -0.15) is 0 Å². The van der Waals surface area contributed by atoms with Crippen LogP contribution >= 0.6 is 15.9 Å². The van der Waals surface area contributed by atoms with E-state index in [1.54, 1.807) is 17.0 Å². The molecule has 27 heavy (non-hydrogen) atoms. The molecule has 0 spiro atoms. The van der Waals surface area contributed by atoms with Crippen molar-refractivity contribution in [2.45, 2.75) is 45.6 Å². The molecule has 1 aliphatic rings. The van der Waals surface area contributed by atoms with E-state index in [0.29, 0.717) is 23.4 Å². The van der Waals surface area contributed by atoms with Gasteiger partial charge in [-0.3, -0.25) is 9.59 Å². The Morgan fingerprint density at radius 2 is 1.93 bits per heavy atom. The van der Waals surface area contributed by atoms with Crippen molar-refractivity contribution in [1.29, 1.82) is 0 Å². The third kappa shape index (κ3) is 3.58. The van der Waals surface area contributed by atoms with E-state index >= 15 is 0 Å². The molecule has 5 heteroatoms. The van der Waals surface area contributed by atoms with Gasteiger partial charge in [0.05, 0.1) is 12.1 Å². The zero-order chi connectivity index (χ0) is 19.8. The van der Waals surface area contributed by atoms with Gasteiger partial charge in [-0.05, 0) is 44.0 Å². The number of Topliss-reactive ketones (excluding diaryl/α,β-unsaturated/α-hetero) is 1. The highest BCUT2D eigenvalue weighted by Gasteiger charge is 2.50. The van der Waals surface area contributed by atoms with Crippen molar-refractivity contribution < 1.29 is 14.7 Å². The lowest BCUT2D eigenvalue weighted by atomic mass is 9.87. The minimum atomic E-state index is -1.83. The number of nitrogens with zero attached hydrogens (tertiary/aromatic N) is 1. The number of rotatable bonds is 6. The quantitative estimate of drug-likeness (QED) is 0.678. The number of aryl methyl sites for hydroxylation is 2. The van der Waals surface area contributed by atoms with E-state index in [4.69, 9.17) is 0 Å². The predicted octanol–water partition coefficient (Wildman–Crippen LogP) is 4.67. The number of fused-ring (bicyclic) bond motifs is 1. The average molecular weight is 430 g/mol. The van der Waals surface area contributed by atoms with Crippen molar-refractivity contribution in [3.05, 3.63) is 63.1 Å². The van der Waals surface area contributed by atoms with Crippen LogP contribution in [0.2, 0.25) is 0 Å². The SMILES string of the molecule is CCCCN1C(=O)[C@@](O)(CC(=O)c2ccc(C)cc2C)c2cc(Br)ccc21. The van der Waals surface area contributed by atoms with E-state index in [2.05, 4.69) is 22.9 Å². The molecular weight excluding hydrogens is 406 g/mol. The third-order valence-corrected chi connectivity index (χ3v) is 5.62. The third-order valence-electron chi connectivity index (χ3n) is 5.13. The maximum absolute atomic E-state index is 13.1. The van der Waals surface area contributed by atoms with Crippen molar-refractivity contribution in [3.63, 3.8) is 0 Å². The number of hydrogen-bond acceptors (Lipinski definition) is 3. The summed E-state index contributed by atoms with van der Waals surface area (Å²) < 4.78 is 0.767. The van der Waals surface area contributed by atoms with Crippen LogP contribution in [0.5, 0.6) is 0 Å². The highest BCUT2D eigenvalue weighted by Crippen LogP contribution is 2.44. The van der Waals surface area contributed by atoms with Crippen LogP contribution in [0.25, 0.3) is 0 Å². The minimum Gasteiger partial charge on any atom is -0.375 e. The van der Waals surface area contributed by atoms with E-state index < -0.39 is 11.5 Å². The summed E-state index contributed by atoms with van der Waals surface area (Å²) in [5.74, 6) is -0.645. The second kappa shape index (κ2) is 7.56. The van der Waals surface area contributed by atoms with E-state index in [-0.39, 0.29) is 12.2 Å². The number of carbonyl (C=O) groups is 2. The van der Waals surface area contributed by atoms with Crippen LogP contribution in [-0.2, 0) is 10.4 Å². The molecule has 1 aliphatic heterocycles. The molecule has 4 nitrogen and oxygen atoms in total. The monoisotopic (exact) mass is 429 g/mol. The minimum absolute atomic E-state index is 0.230. The zero-order valence-corrected chi connectivity index (χ0v) is 17.5. The molecule has 0 fully saturated rings. The maximum Gasteiger partial charge on any atom is 0.264 e. The number of hydrogen-bond donors (Lipinski definition) is 1. The molecule has 3 rings (SSSR count). The fraction of sp³-hybridized carbons (Fsp3) is 0.364. The summed E-state index contributed by atoms with van der Waals surface area (Å²) in [4.78, 5) is 27.7. The maximum atomic E-state index is 13.1. The molecule has 2 aromatic rings. The van der Waals surface area contributed by atoms with E-state index in [9.17, 15) is 14.7 Å². The van der Waals surface area contributed by atoms with Gasteiger partial charge in [-0.1, -0.05) is 53.0 Å². The fourth-order valence-corrected chi connectivity index (χ4v) is 4.05. The van der Waals surface area contributed by atoms with Gasteiger partial charge in [0.25, 0.3) is 5.91 Å². The molecule has 142 valence electrons. The lowest BCUT2D eigenvalue weighted by Gasteiger charge is -2.23. The first kappa shape index (κ1) is 19.8. The molecule has 0 saturated heterocycles. The van der Waals surface area contributed by atoms with Crippen molar-refractivity contribution >= 4 is 33.3 Å². The van der Waals surface area contributed by atoms with E-state index in [0.717, 1.165) is 28.4 Å². The van der Waals surface area contributed by atoms with Crippen LogP contribution in [0.15, 0.2) is 40.9 Å². The highest BCUT2D eigenvalue weighted by atomic mass is 79.9. The molecular formula is C22H24BrNO3. The Labute approximate surface area is 168 Å². The number of anilines is 1. The lowest BCUT2D eigenvalue weighted by Crippen LogP contribution is -2.42. The molecule has 1 heterocycles. The van der Waals surface area contributed by atoms with Crippen LogP contribution in [0, 0.1) is 13.8 Å². The first-order valence-electron chi connectivity index (χ1n) is 9.22. The Hall–Kier alpha value is -1.98. The molecule has 0 bridgehead atoms. The number of aliphatic hydroxyl groups is 1. The summed E-state index contributed by atoms with van der Waals surface area (Å²) in [6, 6.07) is 11.0.